The molecule has 3 atom stereocenters. The molecular weight excluding hydrogens is 395 g/mol. The molecule has 2 aromatic rings. The summed E-state index contributed by atoms with van der Waals surface area (Å²) in [6.07, 6.45) is 4.58. The second kappa shape index (κ2) is 8.14. The minimum Gasteiger partial charge on any atom is -0.317 e. The van der Waals surface area contributed by atoms with Crippen molar-refractivity contribution in [2.75, 3.05) is 0 Å². The van der Waals surface area contributed by atoms with E-state index in [1.165, 1.54) is 12.8 Å². The Kier molecular flexibility index (Phi) is 5.61. The van der Waals surface area contributed by atoms with Crippen molar-refractivity contribution in [2.45, 2.75) is 38.3 Å². The normalized spacial score (nSPS) is 22.9. The molecule has 0 aliphatic heterocycles. The monoisotopic (exact) mass is 416 g/mol. The number of benzene rings is 2. The molecule has 0 aromatic heterocycles. The van der Waals surface area contributed by atoms with E-state index in [0.29, 0.717) is 18.4 Å². The Morgan fingerprint density at radius 3 is 2.29 bits per heavy atom. The van der Waals surface area contributed by atoms with Crippen LogP contribution in [0.15, 0.2) is 48.5 Å². The first-order valence-electron chi connectivity index (χ1n) is 9.63. The SMILES string of the molecule is O=C(NC(=O)N(Cc1ccccc1)[C@H]1C[C@@H]2CC[C@@H]1C2)c1c(Cl)cccc1Cl. The molecule has 4 rings (SSSR count). The van der Waals surface area contributed by atoms with Crippen molar-refractivity contribution in [3.63, 3.8) is 0 Å². The van der Waals surface area contributed by atoms with E-state index >= 15 is 0 Å². The van der Waals surface area contributed by atoms with Crippen LogP contribution < -0.4 is 5.32 Å². The Balaban J connectivity index is 1.55. The Hall–Kier alpha value is -2.04. The fourth-order valence-corrected chi connectivity index (χ4v) is 5.23. The summed E-state index contributed by atoms with van der Waals surface area (Å²) < 4.78 is 0. The van der Waals surface area contributed by atoms with Gasteiger partial charge in [-0.1, -0.05) is 66.0 Å². The van der Waals surface area contributed by atoms with Crippen LogP contribution in [-0.2, 0) is 6.54 Å². The molecule has 28 heavy (non-hydrogen) atoms. The fraction of sp³-hybridized carbons (Fsp3) is 0.364. The number of hydrogen-bond acceptors (Lipinski definition) is 2. The number of urea groups is 1. The number of imide groups is 1. The summed E-state index contributed by atoms with van der Waals surface area (Å²) in [7, 11) is 0. The van der Waals surface area contributed by atoms with Gasteiger partial charge in [-0.2, -0.15) is 0 Å². The lowest BCUT2D eigenvalue weighted by molar-refractivity contribution is 0.0929. The van der Waals surface area contributed by atoms with E-state index < -0.39 is 5.91 Å². The standard InChI is InChI=1S/C22H22Cl2N2O2/c23-17-7-4-8-18(24)20(17)21(27)25-22(28)26(13-14-5-2-1-3-6-14)19-12-15-9-10-16(19)11-15/h1-8,15-16,19H,9-13H2,(H,25,27,28)/t15-,16-,19+/m1/s1. The summed E-state index contributed by atoms with van der Waals surface area (Å²) in [5.74, 6) is 0.634. The Bertz CT molecular complexity index is 867. The Morgan fingerprint density at radius 2 is 1.68 bits per heavy atom. The maximum atomic E-state index is 13.1. The summed E-state index contributed by atoms with van der Waals surface area (Å²) in [5, 5.41) is 2.97. The number of carbonyl (C=O) groups excluding carboxylic acids is 2. The van der Waals surface area contributed by atoms with Gasteiger partial charge in [0.2, 0.25) is 0 Å². The lowest BCUT2D eigenvalue weighted by Gasteiger charge is -2.34. The minimum absolute atomic E-state index is 0.131. The third-order valence-electron chi connectivity index (χ3n) is 5.97. The highest BCUT2D eigenvalue weighted by Gasteiger charge is 2.44. The van der Waals surface area contributed by atoms with Crippen molar-refractivity contribution in [1.29, 1.82) is 0 Å². The summed E-state index contributed by atoms with van der Waals surface area (Å²) >= 11 is 12.3. The zero-order valence-corrected chi connectivity index (χ0v) is 16.9. The molecule has 2 aliphatic rings. The first-order valence-corrected chi connectivity index (χ1v) is 10.4. The number of amides is 3. The van der Waals surface area contributed by atoms with Crippen molar-refractivity contribution < 1.29 is 9.59 Å². The van der Waals surface area contributed by atoms with Gasteiger partial charge >= 0.3 is 6.03 Å². The molecule has 2 bridgehead atoms. The van der Waals surface area contributed by atoms with Crippen LogP contribution in [0.1, 0.15) is 41.6 Å². The topological polar surface area (TPSA) is 49.4 Å². The lowest BCUT2D eigenvalue weighted by atomic mass is 9.94. The smallest absolute Gasteiger partial charge is 0.317 e. The minimum atomic E-state index is -0.568. The molecule has 1 N–H and O–H groups in total. The second-order valence-corrected chi connectivity index (χ2v) is 8.53. The quantitative estimate of drug-likeness (QED) is 0.711. The number of carbonyl (C=O) groups is 2. The molecule has 3 amide bonds. The molecule has 6 heteroatoms. The van der Waals surface area contributed by atoms with Gasteiger partial charge in [-0.05, 0) is 48.8 Å². The zero-order valence-electron chi connectivity index (χ0n) is 15.4. The van der Waals surface area contributed by atoms with E-state index in [2.05, 4.69) is 5.32 Å². The molecule has 4 nitrogen and oxygen atoms in total. The molecule has 2 aliphatic carbocycles. The first kappa shape index (κ1) is 19.3. The Morgan fingerprint density at radius 1 is 0.964 bits per heavy atom. The van der Waals surface area contributed by atoms with Crippen molar-refractivity contribution in [2.24, 2.45) is 11.8 Å². The number of rotatable bonds is 4. The lowest BCUT2D eigenvalue weighted by Crippen LogP contribution is -2.49. The fourth-order valence-electron chi connectivity index (χ4n) is 4.66. The average Bonchev–Trinajstić information content (AvgIpc) is 3.30. The van der Waals surface area contributed by atoms with E-state index in [9.17, 15) is 9.59 Å². The molecule has 2 aromatic carbocycles. The van der Waals surface area contributed by atoms with Crippen molar-refractivity contribution >= 4 is 35.1 Å². The first-order chi connectivity index (χ1) is 13.5. The predicted octanol–water partition coefficient (Wildman–Crippen LogP) is 5.53. The summed E-state index contributed by atoms with van der Waals surface area (Å²) in [4.78, 5) is 27.6. The number of fused-ring (bicyclic) bond motifs is 2. The summed E-state index contributed by atoms with van der Waals surface area (Å²) in [6, 6.07) is 14.5. The van der Waals surface area contributed by atoms with Gasteiger partial charge in [-0.15, -0.1) is 0 Å². The zero-order chi connectivity index (χ0) is 19.7. The van der Waals surface area contributed by atoms with Crippen LogP contribution in [0.5, 0.6) is 0 Å². The second-order valence-electron chi connectivity index (χ2n) is 7.71. The van der Waals surface area contributed by atoms with E-state index in [4.69, 9.17) is 23.2 Å². The van der Waals surface area contributed by atoms with Gasteiger partial charge in [0.15, 0.2) is 0 Å². The van der Waals surface area contributed by atoms with Gasteiger partial charge in [0.1, 0.15) is 0 Å². The molecule has 146 valence electrons. The molecule has 2 saturated carbocycles. The third-order valence-corrected chi connectivity index (χ3v) is 6.60. The highest BCUT2D eigenvalue weighted by atomic mass is 35.5. The third kappa shape index (κ3) is 3.89. The van der Waals surface area contributed by atoms with E-state index in [-0.39, 0.29) is 27.7 Å². The van der Waals surface area contributed by atoms with Crippen LogP contribution in [0.2, 0.25) is 10.0 Å². The molecule has 2 fully saturated rings. The largest absolute Gasteiger partial charge is 0.324 e. The van der Waals surface area contributed by atoms with Crippen LogP contribution in [-0.4, -0.2) is 22.9 Å². The van der Waals surface area contributed by atoms with Gasteiger partial charge in [-0.3, -0.25) is 10.1 Å². The van der Waals surface area contributed by atoms with Crippen LogP contribution in [0.25, 0.3) is 0 Å². The predicted molar refractivity (Wildman–Crippen MR) is 111 cm³/mol. The van der Waals surface area contributed by atoms with Crippen LogP contribution in [0.4, 0.5) is 4.79 Å². The molecule has 0 spiro atoms. The van der Waals surface area contributed by atoms with E-state index in [1.807, 2.05) is 35.2 Å². The molecule has 0 saturated heterocycles. The maximum absolute atomic E-state index is 13.1. The van der Waals surface area contributed by atoms with Gasteiger partial charge in [0.25, 0.3) is 5.91 Å². The number of hydrogen-bond donors (Lipinski definition) is 1. The van der Waals surface area contributed by atoms with E-state index in [0.717, 1.165) is 18.4 Å². The summed E-state index contributed by atoms with van der Waals surface area (Å²) in [5.41, 5.74) is 1.18. The number of nitrogens with zero attached hydrogens (tertiary/aromatic N) is 1. The Labute approximate surface area is 174 Å². The van der Waals surface area contributed by atoms with Gasteiger partial charge in [0, 0.05) is 12.6 Å². The molecular formula is C22H22Cl2N2O2. The van der Waals surface area contributed by atoms with Gasteiger partial charge in [0.05, 0.1) is 15.6 Å². The van der Waals surface area contributed by atoms with Crippen molar-refractivity contribution in [3.05, 3.63) is 69.7 Å². The number of halogens is 2. The van der Waals surface area contributed by atoms with Crippen LogP contribution in [0.3, 0.4) is 0 Å². The van der Waals surface area contributed by atoms with Crippen molar-refractivity contribution in [1.82, 2.24) is 10.2 Å². The maximum Gasteiger partial charge on any atom is 0.324 e. The van der Waals surface area contributed by atoms with Crippen LogP contribution in [0, 0.1) is 11.8 Å². The highest BCUT2D eigenvalue weighted by Crippen LogP contribution is 2.47. The van der Waals surface area contributed by atoms with Crippen LogP contribution >= 0.6 is 23.2 Å². The highest BCUT2D eigenvalue weighted by molar-refractivity contribution is 6.40. The molecule has 0 unspecified atom stereocenters. The van der Waals surface area contributed by atoms with Crippen molar-refractivity contribution in [3.8, 4) is 0 Å². The number of nitrogens with one attached hydrogen (secondary N) is 1. The molecule has 0 heterocycles. The average molecular weight is 417 g/mol. The molecule has 0 radical (unpaired) electrons. The van der Waals surface area contributed by atoms with E-state index in [1.54, 1.807) is 18.2 Å². The van der Waals surface area contributed by atoms with Gasteiger partial charge < -0.3 is 4.90 Å². The summed E-state index contributed by atoms with van der Waals surface area (Å²) in [6.45, 7) is 0.476. The van der Waals surface area contributed by atoms with Gasteiger partial charge in [-0.25, -0.2) is 4.79 Å².